The Kier molecular flexibility index (Phi) is 5.33. The summed E-state index contributed by atoms with van der Waals surface area (Å²) in [6, 6.07) is 0.434. The average Bonchev–Trinajstić information content (AvgIpc) is 2.87. The van der Waals surface area contributed by atoms with Crippen LogP contribution in [0.1, 0.15) is 42.7 Å². The van der Waals surface area contributed by atoms with Crippen LogP contribution in [0.2, 0.25) is 0 Å². The predicted octanol–water partition coefficient (Wildman–Crippen LogP) is 2.29. The average molecular weight is 332 g/mol. The molecule has 0 aliphatic carbocycles. The summed E-state index contributed by atoms with van der Waals surface area (Å²) < 4.78 is 39.7. The number of amides is 1. The summed E-state index contributed by atoms with van der Waals surface area (Å²) in [4.78, 5) is 14.4. The Bertz CT molecular complexity index is 553. The van der Waals surface area contributed by atoms with E-state index in [1.54, 1.807) is 0 Å². The van der Waals surface area contributed by atoms with Crippen molar-refractivity contribution in [1.29, 1.82) is 0 Å². The minimum absolute atomic E-state index is 0.265. The summed E-state index contributed by atoms with van der Waals surface area (Å²) >= 11 is 0. The lowest BCUT2D eigenvalue weighted by atomic mass is 9.97. The molecule has 2 heterocycles. The van der Waals surface area contributed by atoms with Crippen LogP contribution in [0.4, 0.5) is 13.2 Å². The highest BCUT2D eigenvalue weighted by atomic mass is 19.4. The van der Waals surface area contributed by atoms with Crippen molar-refractivity contribution in [2.75, 3.05) is 19.6 Å². The van der Waals surface area contributed by atoms with E-state index in [1.165, 1.54) is 7.05 Å². The van der Waals surface area contributed by atoms with Crippen LogP contribution in [0.3, 0.4) is 0 Å². The van der Waals surface area contributed by atoms with Crippen LogP contribution in [-0.2, 0) is 13.2 Å². The Morgan fingerprint density at radius 2 is 2.17 bits per heavy atom. The van der Waals surface area contributed by atoms with Gasteiger partial charge in [-0.1, -0.05) is 0 Å². The molecule has 5 nitrogen and oxygen atoms in total. The van der Waals surface area contributed by atoms with E-state index in [0.29, 0.717) is 12.6 Å². The molecule has 1 aliphatic rings. The first-order valence-electron chi connectivity index (χ1n) is 7.81. The second-order valence-electron chi connectivity index (χ2n) is 6.37. The summed E-state index contributed by atoms with van der Waals surface area (Å²) in [6.07, 6.45) is -1.51. The molecule has 0 saturated carbocycles. The highest BCUT2D eigenvalue weighted by Crippen LogP contribution is 2.30. The normalized spacial score (nSPS) is 20.0. The Balaban J connectivity index is 1.98. The zero-order valence-corrected chi connectivity index (χ0v) is 13.7. The van der Waals surface area contributed by atoms with Crippen molar-refractivity contribution in [3.63, 3.8) is 0 Å². The molecule has 8 heteroatoms. The lowest BCUT2D eigenvalue weighted by Gasteiger charge is -2.35. The van der Waals surface area contributed by atoms with Gasteiger partial charge in [0.1, 0.15) is 0 Å². The van der Waals surface area contributed by atoms with Gasteiger partial charge in [0.25, 0.3) is 5.91 Å². The van der Waals surface area contributed by atoms with E-state index in [9.17, 15) is 18.0 Å². The first kappa shape index (κ1) is 17.8. The molecule has 23 heavy (non-hydrogen) atoms. The number of alkyl halides is 3. The fourth-order valence-corrected chi connectivity index (χ4v) is 2.93. The van der Waals surface area contributed by atoms with E-state index in [-0.39, 0.29) is 5.92 Å². The molecule has 1 unspecified atom stereocenters. The quantitative estimate of drug-likeness (QED) is 0.920. The van der Waals surface area contributed by atoms with Gasteiger partial charge in [0.15, 0.2) is 5.69 Å². The minimum Gasteiger partial charge on any atom is -0.352 e. The Morgan fingerprint density at radius 3 is 2.78 bits per heavy atom. The Labute approximate surface area is 133 Å². The third-order valence-corrected chi connectivity index (χ3v) is 4.17. The lowest BCUT2D eigenvalue weighted by Crippen LogP contribution is -2.43. The van der Waals surface area contributed by atoms with E-state index in [4.69, 9.17) is 0 Å². The van der Waals surface area contributed by atoms with Gasteiger partial charge in [0, 0.05) is 32.4 Å². The Hall–Kier alpha value is -1.57. The molecule has 1 aliphatic heterocycles. The summed E-state index contributed by atoms with van der Waals surface area (Å²) in [7, 11) is 1.37. The topological polar surface area (TPSA) is 50.2 Å². The maximum absolute atomic E-state index is 12.9. The van der Waals surface area contributed by atoms with Gasteiger partial charge in [-0.25, -0.2) is 0 Å². The van der Waals surface area contributed by atoms with E-state index < -0.39 is 23.3 Å². The van der Waals surface area contributed by atoms with Crippen molar-refractivity contribution < 1.29 is 18.0 Å². The molecule has 2 rings (SSSR count). The second-order valence-corrected chi connectivity index (χ2v) is 6.37. The number of likely N-dealkylation sites (tertiary alicyclic amines) is 1. The molecule has 0 spiro atoms. The fraction of sp³-hybridized carbons (Fsp3) is 0.733. The van der Waals surface area contributed by atoms with Crippen LogP contribution in [0.15, 0.2) is 6.20 Å². The summed E-state index contributed by atoms with van der Waals surface area (Å²) in [5.41, 5.74) is -1.55. The van der Waals surface area contributed by atoms with Gasteiger partial charge >= 0.3 is 6.18 Å². The third kappa shape index (κ3) is 4.46. The number of carbonyl (C=O) groups is 1. The molecule has 0 bridgehead atoms. The monoisotopic (exact) mass is 332 g/mol. The lowest BCUT2D eigenvalue weighted by molar-refractivity contribution is -0.141. The van der Waals surface area contributed by atoms with E-state index >= 15 is 0 Å². The highest BCUT2D eigenvalue weighted by molar-refractivity contribution is 5.95. The van der Waals surface area contributed by atoms with E-state index in [1.807, 2.05) is 0 Å². The molecule has 1 fully saturated rings. The zero-order valence-electron chi connectivity index (χ0n) is 13.7. The van der Waals surface area contributed by atoms with Crippen molar-refractivity contribution in [2.24, 2.45) is 13.0 Å². The standard InChI is InChI=1S/C15H23F3N4O/c1-10(2)22-6-4-5-11(8-22)7-19-14(23)12-9-21(3)20-13(12)15(16,17)18/h9-11H,4-8H2,1-3H3,(H,19,23). The summed E-state index contributed by atoms with van der Waals surface area (Å²) in [6.45, 7) is 6.51. The molecule has 1 saturated heterocycles. The largest absolute Gasteiger partial charge is 0.435 e. The van der Waals surface area contributed by atoms with Gasteiger partial charge in [-0.15, -0.1) is 0 Å². The smallest absolute Gasteiger partial charge is 0.352 e. The SMILES string of the molecule is CC(C)N1CCCC(CNC(=O)c2cn(C)nc2C(F)(F)F)C1. The number of aromatic nitrogens is 2. The number of hydrogen-bond acceptors (Lipinski definition) is 3. The second kappa shape index (κ2) is 6.90. The van der Waals surface area contributed by atoms with Crippen LogP contribution in [-0.4, -0.2) is 46.3 Å². The van der Waals surface area contributed by atoms with Gasteiger partial charge in [-0.3, -0.25) is 9.48 Å². The van der Waals surface area contributed by atoms with Crippen molar-refractivity contribution in [3.8, 4) is 0 Å². The molecule has 1 amide bonds. The predicted molar refractivity (Wildman–Crippen MR) is 80.0 cm³/mol. The van der Waals surface area contributed by atoms with Crippen molar-refractivity contribution in [3.05, 3.63) is 17.5 Å². The van der Waals surface area contributed by atoms with Crippen LogP contribution in [0.5, 0.6) is 0 Å². The first-order chi connectivity index (χ1) is 10.7. The van der Waals surface area contributed by atoms with Gasteiger partial charge in [-0.2, -0.15) is 18.3 Å². The molecule has 130 valence electrons. The number of rotatable bonds is 4. The van der Waals surface area contributed by atoms with Gasteiger partial charge in [0.2, 0.25) is 0 Å². The molecular weight excluding hydrogens is 309 g/mol. The highest BCUT2D eigenvalue weighted by Gasteiger charge is 2.39. The van der Waals surface area contributed by atoms with Crippen molar-refractivity contribution in [1.82, 2.24) is 20.0 Å². The number of aryl methyl sites for hydroxylation is 1. The third-order valence-electron chi connectivity index (χ3n) is 4.17. The molecule has 1 aromatic rings. The number of piperidine rings is 1. The molecular formula is C15H23F3N4O. The van der Waals surface area contributed by atoms with Crippen LogP contribution < -0.4 is 5.32 Å². The number of carbonyl (C=O) groups excluding carboxylic acids is 1. The number of hydrogen-bond donors (Lipinski definition) is 1. The van der Waals surface area contributed by atoms with Gasteiger partial charge in [0.05, 0.1) is 5.56 Å². The first-order valence-corrected chi connectivity index (χ1v) is 7.81. The fourth-order valence-electron chi connectivity index (χ4n) is 2.93. The number of halogens is 3. The van der Waals surface area contributed by atoms with E-state index in [2.05, 4.69) is 29.2 Å². The number of nitrogens with zero attached hydrogens (tertiary/aromatic N) is 3. The molecule has 1 aromatic heterocycles. The summed E-state index contributed by atoms with van der Waals surface area (Å²) in [5, 5.41) is 5.99. The van der Waals surface area contributed by atoms with Gasteiger partial charge < -0.3 is 10.2 Å². The van der Waals surface area contributed by atoms with Crippen molar-refractivity contribution in [2.45, 2.75) is 38.9 Å². The maximum Gasteiger partial charge on any atom is 0.435 e. The molecule has 1 N–H and O–H groups in total. The van der Waals surface area contributed by atoms with Gasteiger partial charge in [-0.05, 0) is 39.2 Å². The minimum atomic E-state index is -4.63. The zero-order chi connectivity index (χ0) is 17.2. The number of nitrogens with one attached hydrogen (secondary N) is 1. The van der Waals surface area contributed by atoms with Crippen LogP contribution >= 0.6 is 0 Å². The molecule has 0 aromatic carbocycles. The van der Waals surface area contributed by atoms with Crippen LogP contribution in [0.25, 0.3) is 0 Å². The Morgan fingerprint density at radius 1 is 1.48 bits per heavy atom. The maximum atomic E-state index is 12.9. The molecule has 1 atom stereocenters. The molecule has 0 radical (unpaired) electrons. The van der Waals surface area contributed by atoms with E-state index in [0.717, 1.165) is 36.8 Å². The summed E-state index contributed by atoms with van der Waals surface area (Å²) in [5.74, 6) is -0.451. The van der Waals surface area contributed by atoms with Crippen LogP contribution in [0, 0.1) is 5.92 Å². The van der Waals surface area contributed by atoms with Crippen molar-refractivity contribution >= 4 is 5.91 Å².